The zero-order chi connectivity index (χ0) is 26.4. The van der Waals surface area contributed by atoms with Crippen molar-refractivity contribution in [3.05, 3.63) is 83.7 Å². The molecule has 4 rings (SSSR count). The molecule has 1 aromatic heterocycles. The Morgan fingerprint density at radius 3 is 2.27 bits per heavy atom. The minimum Gasteiger partial charge on any atom is -0.504 e. The number of para-hydroxylation sites is 1. The van der Waals surface area contributed by atoms with Gasteiger partial charge in [-0.2, -0.15) is 0 Å². The summed E-state index contributed by atoms with van der Waals surface area (Å²) < 4.78 is 21.5. The minimum absolute atomic E-state index is 0.0172. The molecule has 0 radical (unpaired) electrons. The number of aromatic hydroxyl groups is 1. The number of anilines is 1. The molecule has 37 heavy (non-hydrogen) atoms. The normalized spacial score (nSPS) is 11.2. The van der Waals surface area contributed by atoms with Crippen molar-refractivity contribution < 1.29 is 28.8 Å². The number of methoxy groups -OCH3 is 4. The lowest BCUT2D eigenvalue weighted by Crippen LogP contribution is -1.97. The molecule has 0 unspecified atom stereocenters. The summed E-state index contributed by atoms with van der Waals surface area (Å²) in [6.45, 7) is 0. The average Bonchev–Trinajstić information content (AvgIpc) is 3.36. The third kappa shape index (κ3) is 5.38. The fraction of sp³-hybridized carbons (Fsp3) is 0.138. The van der Waals surface area contributed by atoms with E-state index in [4.69, 9.17) is 18.9 Å². The number of phenols is 1. The van der Waals surface area contributed by atoms with Crippen LogP contribution in [0, 0.1) is 0 Å². The van der Waals surface area contributed by atoms with E-state index in [1.807, 2.05) is 48.6 Å². The highest BCUT2D eigenvalue weighted by Crippen LogP contribution is 2.39. The summed E-state index contributed by atoms with van der Waals surface area (Å²) in [5.74, 6) is 1.68. The van der Waals surface area contributed by atoms with Crippen LogP contribution in [-0.4, -0.2) is 44.3 Å². The summed E-state index contributed by atoms with van der Waals surface area (Å²) in [6, 6.07) is 14.5. The maximum Gasteiger partial charge on any atom is 0.203 e. The summed E-state index contributed by atoms with van der Waals surface area (Å²) >= 11 is 0. The number of carbonyl (C=O) groups excluding carboxylic acids is 1. The van der Waals surface area contributed by atoms with Gasteiger partial charge in [-0.05, 0) is 29.8 Å². The maximum absolute atomic E-state index is 12.8. The smallest absolute Gasteiger partial charge is 0.203 e. The molecule has 4 aromatic rings. The number of hydrogen-bond acceptors (Lipinski definition) is 7. The first-order chi connectivity index (χ1) is 18.0. The number of hydrogen-bond donors (Lipinski definition) is 3. The number of ketones is 1. The van der Waals surface area contributed by atoms with Crippen LogP contribution in [0.5, 0.6) is 28.7 Å². The quantitative estimate of drug-likeness (QED) is 0.108. The van der Waals surface area contributed by atoms with Gasteiger partial charge in [-0.15, -0.1) is 0 Å². The van der Waals surface area contributed by atoms with Crippen molar-refractivity contribution in [2.75, 3.05) is 33.8 Å². The van der Waals surface area contributed by atoms with Crippen LogP contribution in [0.3, 0.4) is 0 Å². The van der Waals surface area contributed by atoms with Gasteiger partial charge in [-0.1, -0.05) is 30.4 Å². The molecule has 0 saturated carbocycles. The predicted molar refractivity (Wildman–Crippen MR) is 145 cm³/mol. The SMILES string of the molecule is COc1cc(N/C=C\C(=O)c2c[nH]c3ccccc23)c(C=Cc2cc(OC)c(OC)c(OC)c2)cc1O. The fourth-order valence-corrected chi connectivity index (χ4v) is 3.97. The second-order valence-electron chi connectivity index (χ2n) is 7.99. The van der Waals surface area contributed by atoms with Crippen LogP contribution in [0.1, 0.15) is 21.5 Å². The molecule has 0 fully saturated rings. The Labute approximate surface area is 214 Å². The molecule has 0 bridgehead atoms. The lowest BCUT2D eigenvalue weighted by Gasteiger charge is -2.13. The van der Waals surface area contributed by atoms with Gasteiger partial charge in [0, 0.05) is 52.3 Å². The van der Waals surface area contributed by atoms with Crippen LogP contribution in [0.25, 0.3) is 23.1 Å². The first-order valence-electron chi connectivity index (χ1n) is 11.4. The second-order valence-corrected chi connectivity index (χ2v) is 7.99. The first-order valence-corrected chi connectivity index (χ1v) is 11.4. The van der Waals surface area contributed by atoms with Gasteiger partial charge in [0.05, 0.1) is 28.4 Å². The minimum atomic E-state index is -0.148. The van der Waals surface area contributed by atoms with Gasteiger partial charge in [-0.3, -0.25) is 4.79 Å². The van der Waals surface area contributed by atoms with Crippen LogP contribution in [-0.2, 0) is 0 Å². The molecule has 3 aromatic carbocycles. The summed E-state index contributed by atoms with van der Waals surface area (Å²) in [4.78, 5) is 15.9. The Morgan fingerprint density at radius 2 is 1.59 bits per heavy atom. The number of ether oxygens (including phenoxy) is 4. The Kier molecular flexibility index (Phi) is 7.68. The van der Waals surface area contributed by atoms with E-state index in [9.17, 15) is 9.90 Å². The van der Waals surface area contributed by atoms with Crippen LogP contribution >= 0.6 is 0 Å². The van der Waals surface area contributed by atoms with E-state index < -0.39 is 0 Å². The number of nitrogens with one attached hydrogen (secondary N) is 2. The second kappa shape index (κ2) is 11.3. The number of carbonyl (C=O) groups is 1. The van der Waals surface area contributed by atoms with E-state index in [1.165, 1.54) is 13.2 Å². The van der Waals surface area contributed by atoms with Gasteiger partial charge >= 0.3 is 0 Å². The molecule has 190 valence electrons. The molecular weight excluding hydrogens is 472 g/mol. The van der Waals surface area contributed by atoms with Crippen molar-refractivity contribution in [3.8, 4) is 28.7 Å². The first kappa shape index (κ1) is 25.2. The van der Waals surface area contributed by atoms with Crippen LogP contribution in [0.15, 0.2) is 67.0 Å². The number of aromatic amines is 1. The highest BCUT2D eigenvalue weighted by molar-refractivity contribution is 6.13. The average molecular weight is 501 g/mol. The van der Waals surface area contributed by atoms with Crippen LogP contribution in [0.4, 0.5) is 5.69 Å². The van der Waals surface area contributed by atoms with E-state index in [-0.39, 0.29) is 11.5 Å². The summed E-state index contributed by atoms with van der Waals surface area (Å²) in [5, 5.41) is 14.4. The summed E-state index contributed by atoms with van der Waals surface area (Å²) in [5.41, 5.74) is 3.56. The molecule has 0 aliphatic rings. The van der Waals surface area contributed by atoms with Crippen molar-refractivity contribution in [2.45, 2.75) is 0 Å². The number of benzene rings is 3. The van der Waals surface area contributed by atoms with Crippen LogP contribution in [0.2, 0.25) is 0 Å². The van der Waals surface area contributed by atoms with Crippen molar-refractivity contribution >= 4 is 34.5 Å². The van der Waals surface area contributed by atoms with Crippen molar-refractivity contribution in [1.82, 2.24) is 4.98 Å². The predicted octanol–water partition coefficient (Wildman–Crippen LogP) is 5.89. The van der Waals surface area contributed by atoms with Gasteiger partial charge in [0.25, 0.3) is 0 Å². The fourth-order valence-electron chi connectivity index (χ4n) is 3.97. The van der Waals surface area contributed by atoms with Gasteiger partial charge < -0.3 is 34.4 Å². The standard InChI is InChI=1S/C29H28N2O6/c1-34-26-16-23(30-12-11-24(32)21-17-31-22-8-6-5-7-20(21)22)19(15-25(26)33)10-9-18-13-27(35-2)29(37-4)28(14-18)36-3/h5-17,30-31,33H,1-4H3/b10-9?,12-11-. The molecule has 8 nitrogen and oxygen atoms in total. The van der Waals surface area contributed by atoms with Gasteiger partial charge in [0.1, 0.15) is 0 Å². The molecule has 0 atom stereocenters. The van der Waals surface area contributed by atoms with E-state index in [1.54, 1.807) is 45.9 Å². The molecule has 0 spiro atoms. The molecule has 1 heterocycles. The zero-order valence-electron chi connectivity index (χ0n) is 21.0. The van der Waals surface area contributed by atoms with Gasteiger partial charge in [0.15, 0.2) is 28.8 Å². The topological polar surface area (TPSA) is 102 Å². The lowest BCUT2D eigenvalue weighted by molar-refractivity contribution is 0.104. The Balaban J connectivity index is 1.62. The number of H-pyrrole nitrogens is 1. The highest BCUT2D eigenvalue weighted by atomic mass is 16.5. The summed E-state index contributed by atoms with van der Waals surface area (Å²) in [7, 11) is 6.13. The van der Waals surface area contributed by atoms with E-state index >= 15 is 0 Å². The van der Waals surface area contributed by atoms with Gasteiger partial charge in [-0.25, -0.2) is 0 Å². The Bertz CT molecular complexity index is 1460. The Morgan fingerprint density at radius 1 is 0.892 bits per heavy atom. The van der Waals surface area contributed by atoms with E-state index in [0.29, 0.717) is 39.8 Å². The van der Waals surface area contributed by atoms with Crippen molar-refractivity contribution in [1.29, 1.82) is 0 Å². The summed E-state index contributed by atoms with van der Waals surface area (Å²) in [6.07, 6.45) is 8.38. The van der Waals surface area contributed by atoms with Gasteiger partial charge in [0.2, 0.25) is 5.75 Å². The lowest BCUT2D eigenvalue weighted by atomic mass is 10.1. The molecule has 3 N–H and O–H groups in total. The molecule has 0 aliphatic carbocycles. The third-order valence-electron chi connectivity index (χ3n) is 5.82. The number of phenolic OH excluding ortho intramolecular Hbond substituents is 1. The van der Waals surface area contributed by atoms with Crippen molar-refractivity contribution in [2.24, 2.45) is 0 Å². The number of aromatic nitrogens is 1. The Hall–Kier alpha value is -4.85. The number of fused-ring (bicyclic) bond motifs is 1. The van der Waals surface area contributed by atoms with Crippen LogP contribution < -0.4 is 24.3 Å². The molecule has 0 amide bonds. The number of allylic oxidation sites excluding steroid dienone is 1. The zero-order valence-corrected chi connectivity index (χ0v) is 21.0. The highest BCUT2D eigenvalue weighted by Gasteiger charge is 2.13. The largest absolute Gasteiger partial charge is 0.504 e. The number of rotatable bonds is 10. The third-order valence-corrected chi connectivity index (χ3v) is 5.82. The molecule has 0 aliphatic heterocycles. The molecular formula is C29H28N2O6. The van der Waals surface area contributed by atoms with E-state index in [0.717, 1.165) is 16.5 Å². The molecule has 8 heteroatoms. The monoisotopic (exact) mass is 500 g/mol. The van der Waals surface area contributed by atoms with E-state index in [2.05, 4.69) is 10.3 Å². The van der Waals surface area contributed by atoms with Crippen molar-refractivity contribution in [3.63, 3.8) is 0 Å². The maximum atomic E-state index is 12.8. The molecule has 0 saturated heterocycles.